The molecule has 0 atom stereocenters. The Morgan fingerprint density at radius 2 is 1.88 bits per heavy atom. The van der Waals surface area contributed by atoms with Gasteiger partial charge in [-0.2, -0.15) is 0 Å². The van der Waals surface area contributed by atoms with Gasteiger partial charge >= 0.3 is 0 Å². The van der Waals surface area contributed by atoms with E-state index < -0.39 is 0 Å². The molecule has 0 radical (unpaired) electrons. The SMILES string of the molecule is CC(C)c1ccccc1C(=O)N1CCNCC1. The van der Waals surface area contributed by atoms with E-state index in [1.807, 2.05) is 23.1 Å². The summed E-state index contributed by atoms with van der Waals surface area (Å²) in [6.45, 7) is 7.68. The maximum Gasteiger partial charge on any atom is 0.254 e. The van der Waals surface area contributed by atoms with Gasteiger partial charge in [-0.25, -0.2) is 0 Å². The number of carbonyl (C=O) groups is 1. The van der Waals surface area contributed by atoms with Crippen LogP contribution in [0.4, 0.5) is 0 Å². The topological polar surface area (TPSA) is 32.3 Å². The van der Waals surface area contributed by atoms with Crippen molar-refractivity contribution in [3.05, 3.63) is 35.4 Å². The fourth-order valence-corrected chi connectivity index (χ4v) is 2.23. The lowest BCUT2D eigenvalue weighted by Gasteiger charge is -2.28. The number of nitrogens with one attached hydrogen (secondary N) is 1. The number of carbonyl (C=O) groups excluding carboxylic acids is 1. The van der Waals surface area contributed by atoms with Crippen molar-refractivity contribution in [2.75, 3.05) is 26.2 Å². The highest BCUT2D eigenvalue weighted by Crippen LogP contribution is 2.20. The zero-order chi connectivity index (χ0) is 12.3. The van der Waals surface area contributed by atoms with Gasteiger partial charge in [0.1, 0.15) is 0 Å². The van der Waals surface area contributed by atoms with E-state index in [0.717, 1.165) is 37.3 Å². The van der Waals surface area contributed by atoms with Crippen LogP contribution in [0.1, 0.15) is 35.7 Å². The van der Waals surface area contributed by atoms with E-state index >= 15 is 0 Å². The Morgan fingerprint density at radius 1 is 1.24 bits per heavy atom. The lowest BCUT2D eigenvalue weighted by atomic mass is 9.96. The molecular weight excluding hydrogens is 212 g/mol. The number of nitrogens with zero attached hydrogens (tertiary/aromatic N) is 1. The predicted molar refractivity (Wildman–Crippen MR) is 69.3 cm³/mol. The van der Waals surface area contributed by atoms with Crippen molar-refractivity contribution in [3.63, 3.8) is 0 Å². The molecule has 17 heavy (non-hydrogen) atoms. The van der Waals surface area contributed by atoms with Crippen LogP contribution >= 0.6 is 0 Å². The first kappa shape index (κ1) is 12.1. The van der Waals surface area contributed by atoms with Crippen molar-refractivity contribution >= 4 is 5.91 Å². The van der Waals surface area contributed by atoms with Gasteiger partial charge in [-0.15, -0.1) is 0 Å². The van der Waals surface area contributed by atoms with Crippen LogP contribution in [-0.2, 0) is 0 Å². The summed E-state index contributed by atoms with van der Waals surface area (Å²) in [6, 6.07) is 7.95. The molecule has 2 rings (SSSR count). The van der Waals surface area contributed by atoms with Gasteiger partial charge in [0.2, 0.25) is 0 Å². The van der Waals surface area contributed by atoms with Crippen molar-refractivity contribution in [3.8, 4) is 0 Å². The van der Waals surface area contributed by atoms with Crippen LogP contribution in [0.3, 0.4) is 0 Å². The Balaban J connectivity index is 2.23. The van der Waals surface area contributed by atoms with E-state index in [-0.39, 0.29) is 5.91 Å². The maximum absolute atomic E-state index is 12.4. The monoisotopic (exact) mass is 232 g/mol. The number of amides is 1. The summed E-state index contributed by atoms with van der Waals surface area (Å²) in [4.78, 5) is 14.4. The summed E-state index contributed by atoms with van der Waals surface area (Å²) >= 11 is 0. The summed E-state index contributed by atoms with van der Waals surface area (Å²) in [6.07, 6.45) is 0. The van der Waals surface area contributed by atoms with Crippen molar-refractivity contribution in [1.82, 2.24) is 10.2 Å². The molecule has 1 aliphatic rings. The van der Waals surface area contributed by atoms with E-state index in [2.05, 4.69) is 25.2 Å². The van der Waals surface area contributed by atoms with Crippen molar-refractivity contribution in [2.24, 2.45) is 0 Å². The summed E-state index contributed by atoms with van der Waals surface area (Å²) in [5.74, 6) is 0.564. The Morgan fingerprint density at radius 3 is 2.53 bits per heavy atom. The molecule has 0 aliphatic carbocycles. The number of benzene rings is 1. The van der Waals surface area contributed by atoms with Crippen LogP contribution in [0.5, 0.6) is 0 Å². The molecule has 1 amide bonds. The Labute approximate surface area is 103 Å². The van der Waals surface area contributed by atoms with Crippen LogP contribution < -0.4 is 5.32 Å². The molecule has 3 nitrogen and oxygen atoms in total. The number of rotatable bonds is 2. The third kappa shape index (κ3) is 2.67. The Hall–Kier alpha value is -1.35. The molecule has 0 saturated carbocycles. The first-order valence-electron chi connectivity index (χ1n) is 6.29. The van der Waals surface area contributed by atoms with Gasteiger partial charge in [0, 0.05) is 31.7 Å². The van der Waals surface area contributed by atoms with Crippen LogP contribution in [0.15, 0.2) is 24.3 Å². The molecule has 1 aromatic carbocycles. The molecule has 0 unspecified atom stereocenters. The summed E-state index contributed by atoms with van der Waals surface area (Å²) < 4.78 is 0. The highest BCUT2D eigenvalue weighted by atomic mass is 16.2. The van der Waals surface area contributed by atoms with Gasteiger partial charge in [-0.3, -0.25) is 4.79 Å². The molecule has 1 N–H and O–H groups in total. The lowest BCUT2D eigenvalue weighted by Crippen LogP contribution is -2.46. The third-order valence-corrected chi connectivity index (χ3v) is 3.22. The third-order valence-electron chi connectivity index (χ3n) is 3.22. The molecule has 1 aliphatic heterocycles. The second kappa shape index (κ2) is 5.32. The molecule has 1 heterocycles. The average Bonchev–Trinajstić information content (AvgIpc) is 2.39. The Kier molecular flexibility index (Phi) is 3.79. The second-order valence-electron chi connectivity index (χ2n) is 4.78. The normalized spacial score (nSPS) is 16.3. The van der Waals surface area contributed by atoms with E-state index in [1.54, 1.807) is 0 Å². The van der Waals surface area contributed by atoms with Gasteiger partial charge in [0.05, 0.1) is 0 Å². The van der Waals surface area contributed by atoms with Crippen LogP contribution in [0.25, 0.3) is 0 Å². The summed E-state index contributed by atoms with van der Waals surface area (Å²) in [7, 11) is 0. The molecule has 1 fully saturated rings. The van der Waals surface area contributed by atoms with Gasteiger partial charge in [0.15, 0.2) is 0 Å². The molecule has 0 aromatic heterocycles. The van der Waals surface area contributed by atoms with Crippen molar-refractivity contribution in [2.45, 2.75) is 19.8 Å². The fourth-order valence-electron chi connectivity index (χ4n) is 2.23. The van der Waals surface area contributed by atoms with Gasteiger partial charge in [0.25, 0.3) is 5.91 Å². The van der Waals surface area contributed by atoms with Gasteiger partial charge < -0.3 is 10.2 Å². The number of piperazine rings is 1. The maximum atomic E-state index is 12.4. The fraction of sp³-hybridized carbons (Fsp3) is 0.500. The number of hydrogen-bond donors (Lipinski definition) is 1. The predicted octanol–water partition coefficient (Wildman–Crippen LogP) is 1.86. The first-order valence-corrected chi connectivity index (χ1v) is 6.29. The highest BCUT2D eigenvalue weighted by Gasteiger charge is 2.20. The molecule has 0 spiro atoms. The summed E-state index contributed by atoms with van der Waals surface area (Å²) in [5.41, 5.74) is 2.01. The van der Waals surface area contributed by atoms with E-state index in [0.29, 0.717) is 5.92 Å². The minimum absolute atomic E-state index is 0.177. The molecule has 0 bridgehead atoms. The second-order valence-corrected chi connectivity index (χ2v) is 4.78. The zero-order valence-electron chi connectivity index (χ0n) is 10.6. The smallest absolute Gasteiger partial charge is 0.254 e. The van der Waals surface area contributed by atoms with Crippen LogP contribution in [0.2, 0.25) is 0 Å². The van der Waals surface area contributed by atoms with Crippen molar-refractivity contribution < 1.29 is 4.79 Å². The molecule has 1 saturated heterocycles. The largest absolute Gasteiger partial charge is 0.336 e. The van der Waals surface area contributed by atoms with E-state index in [1.165, 1.54) is 0 Å². The standard InChI is InChI=1S/C14H20N2O/c1-11(2)12-5-3-4-6-13(12)14(17)16-9-7-15-8-10-16/h3-6,11,15H,7-10H2,1-2H3. The zero-order valence-corrected chi connectivity index (χ0v) is 10.6. The first-order chi connectivity index (χ1) is 8.20. The highest BCUT2D eigenvalue weighted by molar-refractivity contribution is 5.96. The van der Waals surface area contributed by atoms with Crippen LogP contribution in [-0.4, -0.2) is 37.0 Å². The minimum Gasteiger partial charge on any atom is -0.336 e. The van der Waals surface area contributed by atoms with Gasteiger partial charge in [-0.1, -0.05) is 32.0 Å². The van der Waals surface area contributed by atoms with E-state index in [4.69, 9.17) is 0 Å². The number of hydrogen-bond acceptors (Lipinski definition) is 2. The summed E-state index contributed by atoms with van der Waals surface area (Å²) in [5, 5.41) is 3.26. The molecular formula is C14H20N2O. The van der Waals surface area contributed by atoms with Gasteiger partial charge in [-0.05, 0) is 17.5 Å². The molecule has 92 valence electrons. The van der Waals surface area contributed by atoms with E-state index in [9.17, 15) is 4.79 Å². The van der Waals surface area contributed by atoms with Crippen LogP contribution in [0, 0.1) is 0 Å². The lowest BCUT2D eigenvalue weighted by molar-refractivity contribution is 0.0734. The van der Waals surface area contributed by atoms with Crippen molar-refractivity contribution in [1.29, 1.82) is 0 Å². The molecule has 3 heteroatoms. The minimum atomic E-state index is 0.177. The Bertz CT molecular complexity index is 395. The average molecular weight is 232 g/mol. The molecule has 1 aromatic rings. The quantitative estimate of drug-likeness (QED) is 0.844.